The molecule has 1 rings (SSSR count). The maximum absolute atomic E-state index is 10.8. The summed E-state index contributed by atoms with van der Waals surface area (Å²) in [4.78, 5) is 10.8. The Labute approximate surface area is 60.9 Å². The Hall–Kier alpha value is -0.790. The Kier molecular flexibility index (Phi) is 2.49. The number of carbonyl (C=O) groups excluding carboxylic acids is 1. The van der Waals surface area contributed by atoms with E-state index in [9.17, 15) is 4.79 Å². The molecule has 1 aliphatic rings. The molecule has 0 aromatic heterocycles. The zero-order valence-corrected chi connectivity index (χ0v) is 6.17. The molecule has 0 aromatic rings. The van der Waals surface area contributed by atoms with Crippen LogP contribution in [-0.4, -0.2) is 12.6 Å². The number of ether oxygens (including phenoxy) is 1. The Balaban J connectivity index is 2.48. The molecule has 0 saturated carbocycles. The largest absolute Gasteiger partial charge is 0.465 e. The first-order valence-electron chi connectivity index (χ1n) is 3.61. The van der Waals surface area contributed by atoms with Gasteiger partial charge in [-0.05, 0) is 12.3 Å². The highest BCUT2D eigenvalue weighted by Crippen LogP contribution is 2.08. The molecule has 0 spiro atoms. The van der Waals surface area contributed by atoms with Gasteiger partial charge in [0.15, 0.2) is 0 Å². The third-order valence-corrected chi connectivity index (χ3v) is 1.50. The Bertz CT molecular complexity index is 149. The molecule has 0 amide bonds. The summed E-state index contributed by atoms with van der Waals surface area (Å²) < 4.78 is 4.86. The Morgan fingerprint density at radius 2 is 2.50 bits per heavy atom. The molecule has 0 N–H and O–H groups in total. The molecule has 1 heterocycles. The van der Waals surface area contributed by atoms with Gasteiger partial charge in [0, 0.05) is 0 Å². The average molecular weight is 140 g/mol. The van der Waals surface area contributed by atoms with Crippen LogP contribution >= 0.6 is 0 Å². The predicted octanol–water partition coefficient (Wildman–Crippen LogP) is 1.52. The summed E-state index contributed by atoms with van der Waals surface area (Å²) in [5.74, 6) is 0.268. The average Bonchev–Trinajstić information content (AvgIpc) is 1.83. The molecule has 2 nitrogen and oxygen atoms in total. The third-order valence-electron chi connectivity index (χ3n) is 1.50. The second-order valence-corrected chi connectivity index (χ2v) is 2.62. The van der Waals surface area contributed by atoms with Gasteiger partial charge in [-0.2, -0.15) is 0 Å². The van der Waals surface area contributed by atoms with Gasteiger partial charge in [-0.3, -0.25) is 4.79 Å². The van der Waals surface area contributed by atoms with E-state index in [1.54, 1.807) is 0 Å². The monoisotopic (exact) mass is 140 g/mol. The van der Waals surface area contributed by atoms with E-state index in [0.717, 1.165) is 6.42 Å². The molecule has 1 aliphatic heterocycles. The van der Waals surface area contributed by atoms with Crippen LogP contribution in [0.4, 0.5) is 0 Å². The SMILES string of the molecule is C[C@H]1/C=C\CCOC(=O)C1. The van der Waals surface area contributed by atoms with Crippen LogP contribution in [0.15, 0.2) is 12.2 Å². The molecule has 10 heavy (non-hydrogen) atoms. The molecule has 0 fully saturated rings. The highest BCUT2D eigenvalue weighted by Gasteiger charge is 2.08. The van der Waals surface area contributed by atoms with Gasteiger partial charge in [-0.15, -0.1) is 0 Å². The van der Waals surface area contributed by atoms with E-state index >= 15 is 0 Å². The van der Waals surface area contributed by atoms with Crippen molar-refractivity contribution >= 4 is 5.97 Å². The van der Waals surface area contributed by atoms with Gasteiger partial charge >= 0.3 is 5.97 Å². The number of cyclic esters (lactones) is 1. The number of esters is 1. The zero-order valence-electron chi connectivity index (χ0n) is 6.17. The molecule has 0 saturated heterocycles. The number of allylic oxidation sites excluding steroid dienone is 1. The van der Waals surface area contributed by atoms with E-state index in [2.05, 4.69) is 12.2 Å². The number of rotatable bonds is 0. The molecule has 0 bridgehead atoms. The fourth-order valence-corrected chi connectivity index (χ4v) is 0.959. The molecule has 1 atom stereocenters. The van der Waals surface area contributed by atoms with E-state index in [1.165, 1.54) is 0 Å². The van der Waals surface area contributed by atoms with E-state index in [4.69, 9.17) is 4.74 Å². The molecule has 0 unspecified atom stereocenters. The smallest absolute Gasteiger partial charge is 0.306 e. The van der Waals surface area contributed by atoms with Crippen LogP contribution in [0.25, 0.3) is 0 Å². The summed E-state index contributed by atoms with van der Waals surface area (Å²) in [5.41, 5.74) is 0. The lowest BCUT2D eigenvalue weighted by Crippen LogP contribution is -2.10. The van der Waals surface area contributed by atoms with Crippen LogP contribution in [0.2, 0.25) is 0 Å². The molecular weight excluding hydrogens is 128 g/mol. The van der Waals surface area contributed by atoms with Gasteiger partial charge in [0.1, 0.15) is 0 Å². The number of hydrogen-bond donors (Lipinski definition) is 0. The van der Waals surface area contributed by atoms with Gasteiger partial charge in [0.25, 0.3) is 0 Å². The first-order chi connectivity index (χ1) is 4.79. The minimum absolute atomic E-state index is 0.0724. The van der Waals surface area contributed by atoms with Crippen molar-refractivity contribution in [3.05, 3.63) is 12.2 Å². The second kappa shape index (κ2) is 3.40. The van der Waals surface area contributed by atoms with Crippen molar-refractivity contribution in [3.8, 4) is 0 Å². The maximum atomic E-state index is 10.8. The van der Waals surface area contributed by atoms with Gasteiger partial charge in [0.05, 0.1) is 13.0 Å². The highest BCUT2D eigenvalue weighted by atomic mass is 16.5. The Morgan fingerprint density at radius 3 is 3.30 bits per heavy atom. The molecular formula is C8H12O2. The van der Waals surface area contributed by atoms with Gasteiger partial charge in [0.2, 0.25) is 0 Å². The van der Waals surface area contributed by atoms with Crippen LogP contribution in [0.3, 0.4) is 0 Å². The summed E-state index contributed by atoms with van der Waals surface area (Å²) in [7, 11) is 0. The van der Waals surface area contributed by atoms with Crippen LogP contribution in [0, 0.1) is 5.92 Å². The van der Waals surface area contributed by atoms with Crippen LogP contribution in [0.1, 0.15) is 19.8 Å². The fourth-order valence-electron chi connectivity index (χ4n) is 0.959. The van der Waals surface area contributed by atoms with Gasteiger partial charge in [-0.25, -0.2) is 0 Å². The van der Waals surface area contributed by atoms with Crippen LogP contribution < -0.4 is 0 Å². The lowest BCUT2D eigenvalue weighted by Gasteiger charge is -2.09. The van der Waals surface area contributed by atoms with E-state index in [0.29, 0.717) is 18.9 Å². The number of carbonyl (C=O) groups is 1. The maximum Gasteiger partial charge on any atom is 0.306 e. The van der Waals surface area contributed by atoms with Crippen molar-refractivity contribution in [3.63, 3.8) is 0 Å². The van der Waals surface area contributed by atoms with Crippen molar-refractivity contribution in [2.75, 3.05) is 6.61 Å². The topological polar surface area (TPSA) is 26.3 Å². The van der Waals surface area contributed by atoms with Gasteiger partial charge in [-0.1, -0.05) is 19.1 Å². The standard InChI is InChI=1S/C8H12O2/c1-7-4-2-3-5-10-8(9)6-7/h2,4,7H,3,5-6H2,1H3/b4-2-/t7-/m0/s1. The minimum atomic E-state index is -0.0724. The zero-order chi connectivity index (χ0) is 7.40. The van der Waals surface area contributed by atoms with E-state index in [-0.39, 0.29) is 5.97 Å². The van der Waals surface area contributed by atoms with Crippen molar-refractivity contribution in [1.82, 2.24) is 0 Å². The summed E-state index contributed by atoms with van der Waals surface area (Å²) in [6, 6.07) is 0. The summed E-state index contributed by atoms with van der Waals surface area (Å²) in [6.45, 7) is 2.56. The molecule has 0 aromatic carbocycles. The van der Waals surface area contributed by atoms with Crippen LogP contribution in [-0.2, 0) is 9.53 Å². The quantitative estimate of drug-likeness (QED) is 0.376. The first kappa shape index (κ1) is 7.32. The fraction of sp³-hybridized carbons (Fsp3) is 0.625. The third kappa shape index (κ3) is 2.21. The first-order valence-corrected chi connectivity index (χ1v) is 3.61. The van der Waals surface area contributed by atoms with E-state index < -0.39 is 0 Å². The molecule has 2 heteroatoms. The Morgan fingerprint density at radius 1 is 1.70 bits per heavy atom. The van der Waals surface area contributed by atoms with Gasteiger partial charge < -0.3 is 4.74 Å². The number of hydrogen-bond acceptors (Lipinski definition) is 2. The van der Waals surface area contributed by atoms with E-state index in [1.807, 2.05) is 6.92 Å². The van der Waals surface area contributed by atoms with Crippen molar-refractivity contribution in [2.24, 2.45) is 5.92 Å². The highest BCUT2D eigenvalue weighted by molar-refractivity contribution is 5.70. The van der Waals surface area contributed by atoms with Crippen molar-refractivity contribution in [2.45, 2.75) is 19.8 Å². The van der Waals surface area contributed by atoms with Crippen molar-refractivity contribution in [1.29, 1.82) is 0 Å². The lowest BCUT2D eigenvalue weighted by atomic mass is 10.1. The summed E-state index contributed by atoms with van der Waals surface area (Å²) in [5, 5.41) is 0. The normalized spacial score (nSPS) is 30.1. The summed E-state index contributed by atoms with van der Waals surface area (Å²) >= 11 is 0. The molecule has 56 valence electrons. The molecule has 0 radical (unpaired) electrons. The summed E-state index contributed by atoms with van der Waals surface area (Å²) in [6.07, 6.45) is 5.52. The minimum Gasteiger partial charge on any atom is -0.465 e. The van der Waals surface area contributed by atoms with Crippen LogP contribution in [0.5, 0.6) is 0 Å². The van der Waals surface area contributed by atoms with Crippen molar-refractivity contribution < 1.29 is 9.53 Å². The lowest BCUT2D eigenvalue weighted by molar-refractivity contribution is -0.144. The molecule has 0 aliphatic carbocycles. The second-order valence-electron chi connectivity index (χ2n) is 2.62. The predicted molar refractivity (Wildman–Crippen MR) is 38.5 cm³/mol.